The predicted molar refractivity (Wildman–Crippen MR) is 96.4 cm³/mol. The van der Waals surface area contributed by atoms with Crippen LogP contribution < -0.4 is 0 Å². The van der Waals surface area contributed by atoms with E-state index in [0.29, 0.717) is 27.2 Å². The third kappa shape index (κ3) is 4.25. The molecule has 110 valence electrons. The predicted octanol–water partition coefficient (Wildman–Crippen LogP) is 5.52. The zero-order chi connectivity index (χ0) is 15.6. The Labute approximate surface area is 152 Å². The Morgan fingerprint density at radius 1 is 1.10 bits per heavy atom. The highest BCUT2D eigenvalue weighted by Crippen LogP contribution is 2.24. The fourth-order valence-electron chi connectivity index (χ4n) is 1.84. The highest BCUT2D eigenvalue weighted by Gasteiger charge is 2.16. The molecule has 0 saturated carbocycles. The number of hydrogen-bond donors (Lipinski definition) is 0. The highest BCUT2D eigenvalue weighted by atomic mass is 127. The second-order valence-corrected chi connectivity index (χ2v) is 6.96. The number of amides is 1. The SMILES string of the molecule is CN(Cc1ccc(Cl)cc1Cl)C(=O)c1cc(Cl)ccc1I. The van der Waals surface area contributed by atoms with Crippen LogP contribution in [0, 0.1) is 3.57 Å². The lowest BCUT2D eigenvalue weighted by atomic mass is 10.1. The normalized spacial score (nSPS) is 10.5. The molecule has 0 fully saturated rings. The van der Waals surface area contributed by atoms with Gasteiger partial charge in [-0.3, -0.25) is 4.79 Å². The van der Waals surface area contributed by atoms with Crippen LogP contribution in [0.4, 0.5) is 0 Å². The van der Waals surface area contributed by atoms with E-state index in [1.165, 1.54) is 0 Å². The molecule has 0 bridgehead atoms. The number of hydrogen-bond acceptors (Lipinski definition) is 1. The van der Waals surface area contributed by atoms with Gasteiger partial charge in [-0.15, -0.1) is 0 Å². The van der Waals surface area contributed by atoms with Crippen molar-refractivity contribution in [2.75, 3.05) is 7.05 Å². The van der Waals surface area contributed by atoms with Crippen molar-refractivity contribution in [3.05, 3.63) is 66.2 Å². The number of carbonyl (C=O) groups is 1. The zero-order valence-electron chi connectivity index (χ0n) is 11.0. The molecule has 2 rings (SSSR count). The van der Waals surface area contributed by atoms with Crippen LogP contribution in [-0.4, -0.2) is 17.9 Å². The van der Waals surface area contributed by atoms with Crippen LogP contribution in [0.15, 0.2) is 36.4 Å². The summed E-state index contributed by atoms with van der Waals surface area (Å²) in [4.78, 5) is 14.1. The molecule has 2 aromatic rings. The topological polar surface area (TPSA) is 20.3 Å². The summed E-state index contributed by atoms with van der Waals surface area (Å²) in [6.07, 6.45) is 0. The van der Waals surface area contributed by atoms with E-state index >= 15 is 0 Å². The fourth-order valence-corrected chi connectivity index (χ4v) is 3.05. The molecule has 0 aliphatic heterocycles. The van der Waals surface area contributed by atoms with Crippen molar-refractivity contribution in [2.45, 2.75) is 6.54 Å². The van der Waals surface area contributed by atoms with E-state index in [2.05, 4.69) is 22.6 Å². The molecule has 2 aromatic carbocycles. The summed E-state index contributed by atoms with van der Waals surface area (Å²) in [5.74, 6) is -0.104. The molecule has 0 aliphatic rings. The fraction of sp³-hybridized carbons (Fsp3) is 0.133. The van der Waals surface area contributed by atoms with Gasteiger partial charge in [0, 0.05) is 32.2 Å². The van der Waals surface area contributed by atoms with E-state index in [4.69, 9.17) is 34.8 Å². The summed E-state index contributed by atoms with van der Waals surface area (Å²) in [6.45, 7) is 0.400. The molecule has 0 spiro atoms. The van der Waals surface area contributed by atoms with E-state index in [0.717, 1.165) is 9.13 Å². The van der Waals surface area contributed by atoms with E-state index in [9.17, 15) is 4.79 Å². The Bertz CT molecular complexity index is 691. The first kappa shape index (κ1) is 16.9. The zero-order valence-corrected chi connectivity index (χ0v) is 15.5. The molecule has 0 heterocycles. The summed E-state index contributed by atoms with van der Waals surface area (Å²) in [5.41, 5.74) is 1.42. The number of carbonyl (C=O) groups excluding carboxylic acids is 1. The number of rotatable bonds is 3. The van der Waals surface area contributed by atoms with Crippen molar-refractivity contribution in [3.8, 4) is 0 Å². The average Bonchev–Trinajstić information content (AvgIpc) is 2.43. The molecule has 6 heteroatoms. The third-order valence-electron chi connectivity index (χ3n) is 2.93. The minimum absolute atomic E-state index is 0.104. The summed E-state index contributed by atoms with van der Waals surface area (Å²) < 4.78 is 0.857. The first-order valence-corrected chi connectivity index (χ1v) is 8.24. The van der Waals surface area contributed by atoms with Gasteiger partial charge in [-0.25, -0.2) is 0 Å². The first-order valence-electron chi connectivity index (χ1n) is 6.03. The van der Waals surface area contributed by atoms with Gasteiger partial charge in [-0.2, -0.15) is 0 Å². The van der Waals surface area contributed by atoms with Gasteiger partial charge in [-0.05, 0) is 58.5 Å². The molecular weight excluding hydrogens is 443 g/mol. The monoisotopic (exact) mass is 453 g/mol. The van der Waals surface area contributed by atoms with Crippen LogP contribution in [0.5, 0.6) is 0 Å². The van der Waals surface area contributed by atoms with Gasteiger partial charge in [0.05, 0.1) is 5.56 Å². The second kappa shape index (κ2) is 7.18. The van der Waals surface area contributed by atoms with Crippen molar-refractivity contribution in [1.29, 1.82) is 0 Å². The molecule has 1 amide bonds. The van der Waals surface area contributed by atoms with Crippen molar-refractivity contribution >= 4 is 63.3 Å². The molecule has 0 aliphatic carbocycles. The molecule has 0 aromatic heterocycles. The first-order chi connectivity index (χ1) is 9.88. The molecule has 0 N–H and O–H groups in total. The molecule has 0 radical (unpaired) electrons. The van der Waals surface area contributed by atoms with Crippen LogP contribution >= 0.6 is 57.4 Å². The Morgan fingerprint density at radius 2 is 1.71 bits per heavy atom. The third-order valence-corrected chi connectivity index (χ3v) is 4.69. The van der Waals surface area contributed by atoms with Gasteiger partial charge in [-0.1, -0.05) is 40.9 Å². The van der Waals surface area contributed by atoms with Crippen molar-refractivity contribution < 1.29 is 4.79 Å². The van der Waals surface area contributed by atoms with E-state index < -0.39 is 0 Å². The van der Waals surface area contributed by atoms with E-state index in [1.807, 2.05) is 12.1 Å². The second-order valence-electron chi connectivity index (χ2n) is 4.52. The van der Waals surface area contributed by atoms with Gasteiger partial charge in [0.1, 0.15) is 0 Å². The van der Waals surface area contributed by atoms with Gasteiger partial charge in [0.25, 0.3) is 5.91 Å². The summed E-state index contributed by atoms with van der Waals surface area (Å²) in [7, 11) is 1.73. The lowest BCUT2D eigenvalue weighted by Gasteiger charge is -2.19. The highest BCUT2D eigenvalue weighted by molar-refractivity contribution is 14.1. The van der Waals surface area contributed by atoms with Crippen LogP contribution in [0.25, 0.3) is 0 Å². The largest absolute Gasteiger partial charge is 0.337 e. The average molecular weight is 455 g/mol. The molecule has 0 atom stereocenters. The quantitative estimate of drug-likeness (QED) is 0.559. The number of nitrogens with zero attached hydrogens (tertiary/aromatic N) is 1. The Morgan fingerprint density at radius 3 is 2.38 bits per heavy atom. The van der Waals surface area contributed by atoms with E-state index in [1.54, 1.807) is 36.2 Å². The minimum atomic E-state index is -0.104. The number of benzene rings is 2. The Balaban J connectivity index is 2.21. The van der Waals surface area contributed by atoms with Gasteiger partial charge in [0.2, 0.25) is 0 Å². The van der Waals surface area contributed by atoms with E-state index in [-0.39, 0.29) is 5.91 Å². The smallest absolute Gasteiger partial charge is 0.255 e. The maximum absolute atomic E-state index is 12.5. The molecule has 2 nitrogen and oxygen atoms in total. The van der Waals surface area contributed by atoms with Crippen molar-refractivity contribution in [2.24, 2.45) is 0 Å². The lowest BCUT2D eigenvalue weighted by Crippen LogP contribution is -2.27. The van der Waals surface area contributed by atoms with Gasteiger partial charge < -0.3 is 4.90 Å². The van der Waals surface area contributed by atoms with Gasteiger partial charge >= 0.3 is 0 Å². The van der Waals surface area contributed by atoms with Crippen LogP contribution in [-0.2, 0) is 6.54 Å². The van der Waals surface area contributed by atoms with Crippen LogP contribution in [0.3, 0.4) is 0 Å². The van der Waals surface area contributed by atoms with Crippen LogP contribution in [0.2, 0.25) is 15.1 Å². The molecule has 0 saturated heterocycles. The molecular formula is C15H11Cl3INO. The number of halogens is 4. The Hall–Kier alpha value is -0.490. The van der Waals surface area contributed by atoms with Gasteiger partial charge in [0.15, 0.2) is 0 Å². The van der Waals surface area contributed by atoms with Crippen molar-refractivity contribution in [1.82, 2.24) is 4.90 Å². The minimum Gasteiger partial charge on any atom is -0.337 e. The summed E-state index contributed by atoms with van der Waals surface area (Å²) in [6, 6.07) is 10.5. The maximum atomic E-state index is 12.5. The van der Waals surface area contributed by atoms with Crippen LogP contribution in [0.1, 0.15) is 15.9 Å². The Kier molecular flexibility index (Phi) is 5.77. The standard InChI is InChI=1S/C15H11Cl3INO/c1-20(8-9-2-3-11(17)7-13(9)18)15(21)12-6-10(16)4-5-14(12)19/h2-7H,8H2,1H3. The van der Waals surface area contributed by atoms with Crippen molar-refractivity contribution in [3.63, 3.8) is 0 Å². The summed E-state index contributed by atoms with van der Waals surface area (Å²) in [5, 5.41) is 1.65. The molecule has 0 unspecified atom stereocenters. The molecule has 21 heavy (non-hydrogen) atoms. The maximum Gasteiger partial charge on any atom is 0.255 e. The lowest BCUT2D eigenvalue weighted by molar-refractivity contribution is 0.0784. The summed E-state index contributed by atoms with van der Waals surface area (Å²) >= 11 is 20.1.